The van der Waals surface area contributed by atoms with Gasteiger partial charge in [0.25, 0.3) is 0 Å². The summed E-state index contributed by atoms with van der Waals surface area (Å²) in [6.45, 7) is 4.44. The van der Waals surface area contributed by atoms with Gasteiger partial charge in [0.1, 0.15) is 5.58 Å². The van der Waals surface area contributed by atoms with Crippen molar-refractivity contribution < 1.29 is 9.21 Å². The number of furan rings is 1. The molecule has 18 heavy (non-hydrogen) atoms. The number of hydrogen-bond donors (Lipinski definition) is 2. The molecule has 1 amide bonds. The monoisotopic (exact) mass is 246 g/mol. The molecule has 0 bridgehead atoms. The van der Waals surface area contributed by atoms with Crippen LogP contribution in [0.25, 0.3) is 11.0 Å². The van der Waals surface area contributed by atoms with Crippen LogP contribution in [0.1, 0.15) is 19.4 Å². The van der Waals surface area contributed by atoms with Crippen LogP contribution in [0.5, 0.6) is 0 Å². The molecule has 4 nitrogen and oxygen atoms in total. The smallest absolute Gasteiger partial charge is 0.227 e. The van der Waals surface area contributed by atoms with E-state index in [1.807, 2.05) is 38.1 Å². The third-order valence-corrected chi connectivity index (χ3v) is 3.13. The second-order valence-electron chi connectivity index (χ2n) is 5.03. The van der Waals surface area contributed by atoms with Crippen molar-refractivity contribution in [2.45, 2.75) is 20.4 Å². The molecule has 0 saturated carbocycles. The van der Waals surface area contributed by atoms with E-state index in [1.165, 1.54) is 0 Å². The van der Waals surface area contributed by atoms with Crippen LogP contribution in [0.4, 0.5) is 0 Å². The number of hydrogen-bond acceptors (Lipinski definition) is 3. The number of benzene rings is 1. The van der Waals surface area contributed by atoms with Crippen molar-refractivity contribution in [1.29, 1.82) is 0 Å². The lowest BCUT2D eigenvalue weighted by Gasteiger charge is -2.20. The highest BCUT2D eigenvalue weighted by atomic mass is 16.3. The lowest BCUT2D eigenvalue weighted by molar-refractivity contribution is -0.129. The van der Waals surface area contributed by atoms with Crippen LogP contribution < -0.4 is 11.1 Å². The lowest BCUT2D eigenvalue weighted by atomic mass is 9.92. The summed E-state index contributed by atoms with van der Waals surface area (Å²) in [6, 6.07) is 7.76. The third-order valence-electron chi connectivity index (χ3n) is 3.13. The number of para-hydroxylation sites is 1. The number of amides is 1. The standard InChI is InChI=1S/C14H18N2O2/c1-14(2,9-15)13(17)16-7-10-8-18-12-6-4-3-5-11(10)12/h3-6,8H,7,9,15H2,1-2H3,(H,16,17). The number of fused-ring (bicyclic) bond motifs is 1. The van der Waals surface area contributed by atoms with Crippen molar-refractivity contribution in [1.82, 2.24) is 5.32 Å². The van der Waals surface area contributed by atoms with Crippen molar-refractivity contribution in [3.05, 3.63) is 36.1 Å². The number of rotatable bonds is 4. The predicted molar refractivity (Wildman–Crippen MR) is 70.9 cm³/mol. The summed E-state index contributed by atoms with van der Waals surface area (Å²) in [6.07, 6.45) is 1.68. The van der Waals surface area contributed by atoms with E-state index in [1.54, 1.807) is 6.26 Å². The molecule has 0 aliphatic heterocycles. The minimum Gasteiger partial charge on any atom is -0.464 e. The highest BCUT2D eigenvalue weighted by Crippen LogP contribution is 2.21. The molecule has 96 valence electrons. The van der Waals surface area contributed by atoms with Crippen molar-refractivity contribution in [2.75, 3.05) is 6.54 Å². The van der Waals surface area contributed by atoms with E-state index in [9.17, 15) is 4.79 Å². The Morgan fingerprint density at radius 2 is 2.11 bits per heavy atom. The fraction of sp³-hybridized carbons (Fsp3) is 0.357. The summed E-state index contributed by atoms with van der Waals surface area (Å²) in [5, 5.41) is 3.92. The molecule has 0 fully saturated rings. The average Bonchev–Trinajstić information content (AvgIpc) is 2.79. The summed E-state index contributed by atoms with van der Waals surface area (Å²) in [5.74, 6) is -0.0460. The van der Waals surface area contributed by atoms with Crippen molar-refractivity contribution in [3.63, 3.8) is 0 Å². The molecule has 2 rings (SSSR count). The molecule has 0 atom stereocenters. The van der Waals surface area contributed by atoms with Crippen molar-refractivity contribution >= 4 is 16.9 Å². The maximum atomic E-state index is 11.9. The zero-order chi connectivity index (χ0) is 13.2. The Balaban J connectivity index is 2.09. The Morgan fingerprint density at radius 1 is 1.39 bits per heavy atom. The Bertz CT molecular complexity index is 558. The zero-order valence-corrected chi connectivity index (χ0v) is 10.7. The fourth-order valence-electron chi connectivity index (χ4n) is 1.68. The van der Waals surface area contributed by atoms with Crippen LogP contribution in [-0.2, 0) is 11.3 Å². The van der Waals surface area contributed by atoms with Gasteiger partial charge in [0.15, 0.2) is 0 Å². The number of nitrogens with two attached hydrogens (primary N) is 1. The first-order valence-corrected chi connectivity index (χ1v) is 5.98. The molecule has 0 unspecified atom stereocenters. The Labute approximate surface area is 106 Å². The fourth-order valence-corrected chi connectivity index (χ4v) is 1.68. The topological polar surface area (TPSA) is 68.3 Å². The maximum Gasteiger partial charge on any atom is 0.227 e. The Morgan fingerprint density at radius 3 is 2.83 bits per heavy atom. The second kappa shape index (κ2) is 4.82. The van der Waals surface area contributed by atoms with Crippen LogP contribution in [0, 0.1) is 5.41 Å². The molecule has 0 spiro atoms. The highest BCUT2D eigenvalue weighted by Gasteiger charge is 2.25. The first-order valence-electron chi connectivity index (χ1n) is 5.98. The van der Waals surface area contributed by atoms with Gasteiger partial charge in [-0.25, -0.2) is 0 Å². The second-order valence-corrected chi connectivity index (χ2v) is 5.03. The molecule has 0 saturated heterocycles. The molecular weight excluding hydrogens is 228 g/mol. The zero-order valence-electron chi connectivity index (χ0n) is 10.7. The summed E-state index contributed by atoms with van der Waals surface area (Å²) >= 11 is 0. The SMILES string of the molecule is CC(C)(CN)C(=O)NCc1coc2ccccc12. The van der Waals surface area contributed by atoms with Crippen molar-refractivity contribution in [2.24, 2.45) is 11.1 Å². The minimum atomic E-state index is -0.542. The van der Waals surface area contributed by atoms with Gasteiger partial charge in [0.2, 0.25) is 5.91 Å². The van der Waals surface area contributed by atoms with Gasteiger partial charge in [-0.2, -0.15) is 0 Å². The van der Waals surface area contributed by atoms with Crippen LogP contribution >= 0.6 is 0 Å². The van der Waals surface area contributed by atoms with Crippen LogP contribution in [0.15, 0.2) is 34.9 Å². The minimum absolute atomic E-state index is 0.0460. The van der Waals surface area contributed by atoms with E-state index in [4.69, 9.17) is 10.2 Å². The summed E-state index contributed by atoms with van der Waals surface area (Å²) < 4.78 is 5.42. The molecule has 1 heterocycles. The van der Waals surface area contributed by atoms with Gasteiger partial charge in [-0.05, 0) is 19.9 Å². The molecule has 0 aliphatic rings. The van der Waals surface area contributed by atoms with Crippen LogP contribution in [-0.4, -0.2) is 12.5 Å². The summed E-state index contributed by atoms with van der Waals surface area (Å²) in [4.78, 5) is 11.9. The lowest BCUT2D eigenvalue weighted by Crippen LogP contribution is -2.41. The number of nitrogens with one attached hydrogen (secondary N) is 1. The average molecular weight is 246 g/mol. The largest absolute Gasteiger partial charge is 0.464 e. The van der Waals surface area contributed by atoms with Crippen LogP contribution in [0.2, 0.25) is 0 Å². The number of carbonyl (C=O) groups is 1. The van der Waals surface area contributed by atoms with Gasteiger partial charge in [-0.3, -0.25) is 4.79 Å². The van der Waals surface area contributed by atoms with Gasteiger partial charge in [0.05, 0.1) is 11.7 Å². The first-order chi connectivity index (χ1) is 8.54. The normalized spacial score (nSPS) is 11.7. The first kappa shape index (κ1) is 12.6. The molecule has 0 aliphatic carbocycles. The molecule has 0 radical (unpaired) electrons. The molecule has 1 aromatic heterocycles. The predicted octanol–water partition coefficient (Wildman–Crippen LogP) is 2.03. The van der Waals surface area contributed by atoms with E-state index in [-0.39, 0.29) is 5.91 Å². The molecule has 4 heteroatoms. The van der Waals surface area contributed by atoms with E-state index in [0.717, 1.165) is 16.5 Å². The van der Waals surface area contributed by atoms with Gasteiger partial charge in [0, 0.05) is 24.0 Å². The van der Waals surface area contributed by atoms with E-state index < -0.39 is 5.41 Å². The van der Waals surface area contributed by atoms with Gasteiger partial charge in [-0.1, -0.05) is 18.2 Å². The van der Waals surface area contributed by atoms with Crippen molar-refractivity contribution in [3.8, 4) is 0 Å². The molecular formula is C14H18N2O2. The molecule has 2 aromatic rings. The van der Waals surface area contributed by atoms with Gasteiger partial charge < -0.3 is 15.5 Å². The van der Waals surface area contributed by atoms with Gasteiger partial charge in [-0.15, -0.1) is 0 Å². The quantitative estimate of drug-likeness (QED) is 0.867. The van der Waals surface area contributed by atoms with Gasteiger partial charge >= 0.3 is 0 Å². The Kier molecular flexibility index (Phi) is 3.39. The molecule has 1 aromatic carbocycles. The van der Waals surface area contributed by atoms with E-state index >= 15 is 0 Å². The number of carbonyl (C=O) groups excluding carboxylic acids is 1. The van der Waals surface area contributed by atoms with E-state index in [2.05, 4.69) is 5.32 Å². The highest BCUT2D eigenvalue weighted by molar-refractivity contribution is 5.84. The maximum absolute atomic E-state index is 11.9. The summed E-state index contributed by atoms with van der Waals surface area (Å²) in [7, 11) is 0. The molecule has 3 N–H and O–H groups in total. The third kappa shape index (κ3) is 2.38. The van der Waals surface area contributed by atoms with Crippen LogP contribution in [0.3, 0.4) is 0 Å². The summed E-state index contributed by atoms with van der Waals surface area (Å²) in [5.41, 5.74) is 6.84. The Hall–Kier alpha value is -1.81. The van der Waals surface area contributed by atoms with E-state index in [0.29, 0.717) is 13.1 Å².